The Kier molecular flexibility index (Phi) is 6.37. The molecule has 1 aromatic carbocycles. The number of hydrogen-bond donors (Lipinski definition) is 0. The molecule has 0 N–H and O–H groups in total. The molecule has 0 radical (unpaired) electrons. The number of para-hydroxylation sites is 1. The van der Waals surface area contributed by atoms with Crippen LogP contribution in [0.4, 0.5) is 0 Å². The summed E-state index contributed by atoms with van der Waals surface area (Å²) in [6.45, 7) is 9.14. The van der Waals surface area contributed by atoms with Crippen molar-refractivity contribution >= 4 is 34.4 Å². The minimum absolute atomic E-state index is 0.179. The molecule has 0 spiro atoms. The summed E-state index contributed by atoms with van der Waals surface area (Å²) in [5, 5.41) is 1.02. The van der Waals surface area contributed by atoms with E-state index in [0.717, 1.165) is 16.5 Å². The maximum Gasteiger partial charge on any atom is 0.340 e. The molecule has 0 saturated heterocycles. The summed E-state index contributed by atoms with van der Waals surface area (Å²) in [5.74, 6) is -1.16. The van der Waals surface area contributed by atoms with E-state index < -0.39 is 11.9 Å². The first-order valence-electron chi connectivity index (χ1n) is 9.71. The molecule has 0 aliphatic heterocycles. The van der Waals surface area contributed by atoms with Crippen molar-refractivity contribution < 1.29 is 19.1 Å². The second-order valence-electron chi connectivity index (χ2n) is 6.82. The Labute approximate surface area is 180 Å². The van der Waals surface area contributed by atoms with Gasteiger partial charge in [-0.3, -0.25) is 4.98 Å². The molecule has 156 valence electrons. The number of rotatable bonds is 5. The maximum absolute atomic E-state index is 12.9. The Balaban J connectivity index is 2.44. The number of carbonyl (C=O) groups is 2. The Hall–Kier alpha value is -2.99. The lowest BCUT2D eigenvalue weighted by atomic mass is 9.92. The van der Waals surface area contributed by atoms with Crippen LogP contribution in [-0.4, -0.2) is 35.1 Å². The van der Waals surface area contributed by atoms with E-state index in [1.807, 2.05) is 31.2 Å². The number of halogens is 1. The van der Waals surface area contributed by atoms with Gasteiger partial charge in [0.25, 0.3) is 0 Å². The molecule has 0 unspecified atom stereocenters. The van der Waals surface area contributed by atoms with Crippen molar-refractivity contribution in [3.05, 3.63) is 57.5 Å². The Morgan fingerprint density at radius 2 is 1.50 bits per heavy atom. The standard InChI is InChI=1S/C23H23ClN2O4/c1-6-29-22(27)17-13(4)25-14(5)18(23(28)30-7-2)19(17)16-11-15-10-8-9-12(3)20(15)26-21(16)24/h8-11H,6-7H2,1-5H3. The van der Waals surface area contributed by atoms with E-state index >= 15 is 0 Å². The van der Waals surface area contributed by atoms with Gasteiger partial charge >= 0.3 is 11.9 Å². The highest BCUT2D eigenvalue weighted by Crippen LogP contribution is 2.38. The van der Waals surface area contributed by atoms with Gasteiger partial charge in [0.2, 0.25) is 0 Å². The lowest BCUT2D eigenvalue weighted by Gasteiger charge is -2.18. The number of nitrogens with zero attached hydrogens (tertiary/aromatic N) is 2. The lowest BCUT2D eigenvalue weighted by molar-refractivity contribution is 0.0525. The fraction of sp³-hybridized carbons (Fsp3) is 0.304. The van der Waals surface area contributed by atoms with Crippen LogP contribution in [0.3, 0.4) is 0 Å². The van der Waals surface area contributed by atoms with Crippen LogP contribution >= 0.6 is 11.6 Å². The first-order chi connectivity index (χ1) is 14.3. The van der Waals surface area contributed by atoms with Gasteiger partial charge in [-0.25, -0.2) is 14.6 Å². The highest BCUT2D eigenvalue weighted by atomic mass is 35.5. The highest BCUT2D eigenvalue weighted by molar-refractivity contribution is 6.33. The fourth-order valence-electron chi connectivity index (χ4n) is 3.53. The van der Waals surface area contributed by atoms with Gasteiger partial charge in [-0.05, 0) is 46.2 Å². The van der Waals surface area contributed by atoms with Gasteiger partial charge in [-0.15, -0.1) is 0 Å². The number of aromatic nitrogens is 2. The van der Waals surface area contributed by atoms with Crippen LogP contribution in [0.5, 0.6) is 0 Å². The van der Waals surface area contributed by atoms with Crippen LogP contribution in [0.1, 0.15) is 51.5 Å². The number of pyridine rings is 2. The SMILES string of the molecule is CCOC(=O)c1c(C)nc(C)c(C(=O)OCC)c1-c1cc2cccc(C)c2nc1Cl. The first kappa shape index (κ1) is 21.7. The summed E-state index contributed by atoms with van der Waals surface area (Å²) in [6.07, 6.45) is 0. The van der Waals surface area contributed by atoms with Crippen molar-refractivity contribution in [3.8, 4) is 11.1 Å². The van der Waals surface area contributed by atoms with Crippen molar-refractivity contribution in [1.82, 2.24) is 9.97 Å². The van der Waals surface area contributed by atoms with Crippen molar-refractivity contribution in [2.45, 2.75) is 34.6 Å². The molecule has 0 fully saturated rings. The van der Waals surface area contributed by atoms with Gasteiger partial charge in [0.1, 0.15) is 5.15 Å². The number of hydrogen-bond acceptors (Lipinski definition) is 6. The zero-order valence-corrected chi connectivity index (χ0v) is 18.4. The number of esters is 2. The van der Waals surface area contributed by atoms with Crippen molar-refractivity contribution in [2.24, 2.45) is 0 Å². The number of fused-ring (bicyclic) bond motifs is 1. The van der Waals surface area contributed by atoms with Crippen LogP contribution in [0, 0.1) is 20.8 Å². The molecular formula is C23H23ClN2O4. The molecule has 0 aliphatic carbocycles. The van der Waals surface area contributed by atoms with Gasteiger partial charge in [0.15, 0.2) is 0 Å². The predicted molar refractivity (Wildman–Crippen MR) is 116 cm³/mol. The monoisotopic (exact) mass is 426 g/mol. The maximum atomic E-state index is 12.9. The third kappa shape index (κ3) is 3.87. The minimum Gasteiger partial charge on any atom is -0.462 e. The molecule has 30 heavy (non-hydrogen) atoms. The molecule has 0 saturated carbocycles. The predicted octanol–water partition coefficient (Wildman–Crippen LogP) is 5.23. The van der Waals surface area contributed by atoms with E-state index in [1.54, 1.807) is 27.7 Å². The summed E-state index contributed by atoms with van der Waals surface area (Å²) in [6, 6.07) is 7.60. The summed E-state index contributed by atoms with van der Waals surface area (Å²) in [7, 11) is 0. The average molecular weight is 427 g/mol. The van der Waals surface area contributed by atoms with Gasteiger partial charge in [0, 0.05) is 16.5 Å². The number of aryl methyl sites for hydroxylation is 3. The van der Waals surface area contributed by atoms with Gasteiger partial charge in [-0.1, -0.05) is 29.8 Å². The van der Waals surface area contributed by atoms with E-state index in [1.165, 1.54) is 0 Å². The Bertz CT molecular complexity index is 1120. The van der Waals surface area contributed by atoms with Gasteiger partial charge in [0.05, 0.1) is 41.2 Å². The van der Waals surface area contributed by atoms with Gasteiger partial charge in [-0.2, -0.15) is 0 Å². The molecule has 2 aromatic heterocycles. The molecule has 3 rings (SSSR count). The molecule has 0 aliphatic rings. The van der Waals surface area contributed by atoms with Gasteiger partial charge < -0.3 is 9.47 Å². The Morgan fingerprint density at radius 1 is 0.933 bits per heavy atom. The van der Waals surface area contributed by atoms with Crippen LogP contribution in [0.15, 0.2) is 24.3 Å². The van der Waals surface area contributed by atoms with Crippen LogP contribution < -0.4 is 0 Å². The summed E-state index contributed by atoms with van der Waals surface area (Å²) < 4.78 is 10.5. The number of carbonyl (C=O) groups excluding carboxylic acids is 2. The third-order valence-electron chi connectivity index (χ3n) is 4.79. The smallest absolute Gasteiger partial charge is 0.340 e. The molecule has 0 bridgehead atoms. The Morgan fingerprint density at radius 3 is 2.03 bits per heavy atom. The zero-order valence-electron chi connectivity index (χ0n) is 17.6. The third-order valence-corrected chi connectivity index (χ3v) is 5.08. The molecule has 3 aromatic rings. The largest absolute Gasteiger partial charge is 0.462 e. The fourth-order valence-corrected chi connectivity index (χ4v) is 3.76. The zero-order chi connectivity index (χ0) is 22.0. The molecule has 2 heterocycles. The van der Waals surface area contributed by atoms with Crippen LogP contribution in [0.25, 0.3) is 22.0 Å². The summed E-state index contributed by atoms with van der Waals surface area (Å²) in [4.78, 5) is 34.7. The average Bonchev–Trinajstić information content (AvgIpc) is 2.68. The van der Waals surface area contributed by atoms with E-state index in [4.69, 9.17) is 21.1 Å². The molecule has 0 amide bonds. The van der Waals surface area contributed by atoms with Crippen molar-refractivity contribution in [2.75, 3.05) is 13.2 Å². The van der Waals surface area contributed by atoms with E-state index in [2.05, 4.69) is 9.97 Å². The van der Waals surface area contributed by atoms with Crippen molar-refractivity contribution in [3.63, 3.8) is 0 Å². The molecular weight excluding hydrogens is 404 g/mol. The second-order valence-corrected chi connectivity index (χ2v) is 7.18. The molecule has 7 heteroatoms. The lowest BCUT2D eigenvalue weighted by Crippen LogP contribution is -2.17. The van der Waals surface area contributed by atoms with E-state index in [0.29, 0.717) is 22.5 Å². The van der Waals surface area contributed by atoms with Crippen molar-refractivity contribution in [1.29, 1.82) is 0 Å². The highest BCUT2D eigenvalue weighted by Gasteiger charge is 2.29. The van der Waals surface area contributed by atoms with E-state index in [-0.39, 0.29) is 29.5 Å². The minimum atomic E-state index is -0.580. The summed E-state index contributed by atoms with van der Waals surface area (Å²) in [5.41, 5.74) is 3.75. The van der Waals surface area contributed by atoms with E-state index in [9.17, 15) is 9.59 Å². The van der Waals surface area contributed by atoms with Crippen LogP contribution in [-0.2, 0) is 9.47 Å². The quantitative estimate of drug-likeness (QED) is 0.410. The molecule has 6 nitrogen and oxygen atoms in total. The molecule has 0 atom stereocenters. The number of benzene rings is 1. The van der Waals surface area contributed by atoms with Crippen LogP contribution in [0.2, 0.25) is 5.15 Å². The summed E-state index contributed by atoms with van der Waals surface area (Å²) >= 11 is 6.59. The number of ether oxygens (including phenoxy) is 2. The second kappa shape index (κ2) is 8.79. The topological polar surface area (TPSA) is 78.4 Å². The normalized spacial score (nSPS) is 10.9. The first-order valence-corrected chi connectivity index (χ1v) is 10.1.